The Hall–Kier alpha value is -1.66. The van der Waals surface area contributed by atoms with E-state index >= 15 is 0 Å². The second kappa shape index (κ2) is 78.5. The fourth-order valence-corrected chi connectivity index (χ4v) is 0.376. The van der Waals surface area contributed by atoms with Crippen molar-refractivity contribution in [1.82, 2.24) is 4.98 Å². The third-order valence-electron chi connectivity index (χ3n) is 0.684. The van der Waals surface area contributed by atoms with Crippen molar-refractivity contribution in [2.45, 2.75) is 0 Å². The average Bonchev–Trinajstić information content (AvgIpc) is 2.50. The smallest absolute Gasteiger partial charge is 0 e. The van der Waals surface area contributed by atoms with Gasteiger partial charge in [0.1, 0.15) is 0 Å². The van der Waals surface area contributed by atoms with E-state index in [9.17, 15) is 0 Å². The van der Waals surface area contributed by atoms with Gasteiger partial charge in [-0.25, -0.2) is 0 Å². The molecule has 0 fully saturated rings. The molecule has 0 aliphatic carbocycles. The molecule has 0 radical (unpaired) electrons. The van der Waals surface area contributed by atoms with Crippen LogP contribution in [0.1, 0.15) is 0 Å². The molecule has 1 rings (SSSR count). The molecule has 8 heteroatoms. The number of nitrogens with two attached hydrogens (primary N) is 1. The van der Waals surface area contributed by atoms with Crippen LogP contribution in [-0.2, 0) is 44.3 Å². The summed E-state index contributed by atoms with van der Waals surface area (Å²) in [5, 5.41) is 0. The zero-order valence-corrected chi connectivity index (χ0v) is 10.8. The van der Waals surface area contributed by atoms with E-state index in [-0.39, 0.29) is 21.1 Å². The van der Waals surface area contributed by atoms with Gasteiger partial charge in [0.25, 0.3) is 0 Å². The van der Waals surface area contributed by atoms with Gasteiger partial charge >= 0.3 is 56.5 Å². The summed E-state index contributed by atoms with van der Waals surface area (Å²) >= 11 is 0. The predicted molar refractivity (Wildman–Crippen MR) is 48.3 cm³/mol. The van der Waals surface area contributed by atoms with Crippen molar-refractivity contribution in [3.63, 3.8) is 0 Å². The molecule has 0 aliphatic heterocycles. The van der Waals surface area contributed by atoms with E-state index in [1.54, 1.807) is 24.5 Å². The topological polar surface area (TPSA) is 138 Å². The number of hydrogen-bond donors (Lipinski definition) is 1. The van der Waals surface area contributed by atoms with Gasteiger partial charge in [-0.05, 0) is 12.1 Å². The minimum Gasteiger partial charge on any atom is 0 e. The van der Waals surface area contributed by atoms with Crippen molar-refractivity contribution in [3.05, 3.63) is 57.8 Å². The molecule has 0 aliphatic rings. The van der Waals surface area contributed by atoms with Gasteiger partial charge in [0.15, 0.2) is 0 Å². The van der Waals surface area contributed by atoms with Crippen LogP contribution in [0.4, 0.5) is 5.69 Å². The molecule has 0 unspecified atom stereocenters. The van der Waals surface area contributed by atoms with Crippen molar-refractivity contribution in [2.24, 2.45) is 0 Å². The van der Waals surface area contributed by atoms with E-state index in [1.807, 2.05) is 0 Å². The summed E-state index contributed by atoms with van der Waals surface area (Å²) in [6.07, 6.45) is 3.30. The van der Waals surface area contributed by atoms with Gasteiger partial charge < -0.3 is 5.73 Å². The van der Waals surface area contributed by atoms with E-state index in [1.165, 1.54) is 0 Å². The Morgan fingerprint density at radius 3 is 1.28 bits per heavy atom. The van der Waals surface area contributed by atoms with E-state index < -0.39 is 0 Å². The van der Waals surface area contributed by atoms with Crippen LogP contribution in [0.25, 0.3) is 0 Å². The quantitative estimate of drug-likeness (QED) is 0.420. The molecular formula is C10H6MoN2O5. The molecule has 0 spiro atoms. The maximum absolute atomic E-state index is 7.50. The normalized spacial score (nSPS) is 3.89. The molecule has 0 bridgehead atoms. The van der Waals surface area contributed by atoms with Gasteiger partial charge in [0.2, 0.25) is 0 Å². The molecule has 0 amide bonds. The Balaban J connectivity index is -0.0000000285. The first-order valence-corrected chi connectivity index (χ1v) is 3.07. The molecule has 1 heterocycles. The standard InChI is InChI=1S/C5H6N2.5CO.Mo/c6-5-2-1-3-7-4-5;5*1-2;/h1-4H,6H2;;;;;;. The van der Waals surface area contributed by atoms with Crippen LogP contribution in [0.15, 0.2) is 24.5 Å². The fraction of sp³-hybridized carbons (Fsp3) is 0. The Morgan fingerprint density at radius 2 is 1.17 bits per heavy atom. The summed E-state index contributed by atoms with van der Waals surface area (Å²) in [4.78, 5) is 3.76. The van der Waals surface area contributed by atoms with Crippen LogP contribution in [0.5, 0.6) is 0 Å². The minimum absolute atomic E-state index is 0. The van der Waals surface area contributed by atoms with Crippen molar-refractivity contribution in [3.8, 4) is 0 Å². The summed E-state index contributed by atoms with van der Waals surface area (Å²) < 4.78 is 37.5. The first-order valence-electron chi connectivity index (χ1n) is 3.07. The summed E-state index contributed by atoms with van der Waals surface area (Å²) in [5.74, 6) is 0. The molecule has 1 aromatic rings. The van der Waals surface area contributed by atoms with Gasteiger partial charge in [-0.3, -0.25) is 4.98 Å². The summed E-state index contributed by atoms with van der Waals surface area (Å²) in [5.41, 5.74) is 6.01. The molecule has 2 N–H and O–H groups in total. The summed E-state index contributed by atoms with van der Waals surface area (Å²) in [6.45, 7) is 22.5. The maximum atomic E-state index is 7.50. The average molecular weight is 330 g/mol. The molecule has 0 saturated carbocycles. The number of nitrogen functional groups attached to an aromatic ring is 1. The van der Waals surface area contributed by atoms with Crippen LogP contribution < -0.4 is 5.73 Å². The third-order valence-corrected chi connectivity index (χ3v) is 0.684. The van der Waals surface area contributed by atoms with Gasteiger partial charge in [-0.1, -0.05) is 0 Å². The Bertz CT molecular complexity index is 284. The summed E-state index contributed by atoms with van der Waals surface area (Å²) in [7, 11) is 0. The van der Waals surface area contributed by atoms with Crippen molar-refractivity contribution in [1.29, 1.82) is 0 Å². The van der Waals surface area contributed by atoms with E-state index in [0.29, 0.717) is 5.69 Å². The second-order valence-electron chi connectivity index (χ2n) is 1.29. The Labute approximate surface area is 119 Å². The van der Waals surface area contributed by atoms with Crippen LogP contribution in [-0.4, -0.2) is 4.98 Å². The Kier molecular flexibility index (Phi) is 157. The van der Waals surface area contributed by atoms with Crippen molar-refractivity contribution < 1.29 is 44.3 Å². The number of hydrogen-bond acceptors (Lipinski definition) is 2. The number of pyridine rings is 1. The summed E-state index contributed by atoms with van der Waals surface area (Å²) in [6, 6.07) is 3.60. The van der Waals surface area contributed by atoms with Crippen LogP contribution >= 0.6 is 0 Å². The molecule has 0 atom stereocenters. The Morgan fingerprint density at radius 1 is 0.833 bits per heavy atom. The van der Waals surface area contributed by atoms with Crippen molar-refractivity contribution in [2.75, 3.05) is 5.73 Å². The number of aromatic nitrogens is 1. The van der Waals surface area contributed by atoms with Gasteiger partial charge in [-0.15, -0.1) is 0 Å². The van der Waals surface area contributed by atoms with E-state index in [0.717, 1.165) is 0 Å². The first-order chi connectivity index (χ1) is 8.39. The third kappa shape index (κ3) is 63.5. The zero-order chi connectivity index (χ0) is 15.1. The maximum Gasteiger partial charge on any atom is 0 e. The molecule has 7 nitrogen and oxygen atoms in total. The molecule has 1 aromatic heterocycles. The van der Waals surface area contributed by atoms with Gasteiger partial charge in [0, 0.05) is 33.5 Å². The van der Waals surface area contributed by atoms with Gasteiger partial charge in [0.05, 0.1) is 5.69 Å². The van der Waals surface area contributed by atoms with Crippen LogP contribution in [0.3, 0.4) is 0 Å². The van der Waals surface area contributed by atoms with Crippen LogP contribution in [0, 0.1) is 33.3 Å². The minimum atomic E-state index is 0. The van der Waals surface area contributed by atoms with Gasteiger partial charge in [-0.2, -0.15) is 0 Å². The molecule has 0 saturated heterocycles. The zero-order valence-electron chi connectivity index (χ0n) is 8.78. The number of anilines is 1. The van der Waals surface area contributed by atoms with Crippen molar-refractivity contribution >= 4 is 5.69 Å². The van der Waals surface area contributed by atoms with E-state index in [4.69, 9.17) is 29.0 Å². The number of rotatable bonds is 0. The largest absolute Gasteiger partial charge is 0 e. The SMILES string of the molecule is Nc1cccnc1.[C-]#[O+].[C-]#[O+].[C-]#[O+].[C-]#[O+].[C-]#[O+].[Mo]. The molecule has 18 heavy (non-hydrogen) atoms. The molecule has 92 valence electrons. The first kappa shape index (κ1) is 36.0. The van der Waals surface area contributed by atoms with E-state index in [2.05, 4.69) is 38.2 Å². The molecule has 0 aromatic carbocycles. The fourth-order valence-electron chi connectivity index (χ4n) is 0.376. The predicted octanol–water partition coefficient (Wildman–Crippen LogP) is 0.474. The van der Waals surface area contributed by atoms with Crippen LogP contribution in [0.2, 0.25) is 0 Å². The molecular weight excluding hydrogens is 324 g/mol. The second-order valence-corrected chi connectivity index (χ2v) is 1.29. The number of nitrogens with zero attached hydrogens (tertiary/aromatic N) is 1. The monoisotopic (exact) mass is 332 g/mol.